The van der Waals surface area contributed by atoms with Crippen LogP contribution in [0, 0.1) is 11.8 Å². The van der Waals surface area contributed by atoms with E-state index in [0.29, 0.717) is 25.4 Å². The number of carboxylic acid groups (broad SMARTS) is 1. The Morgan fingerprint density at radius 1 is 1.43 bits per heavy atom. The lowest BCUT2D eigenvalue weighted by Crippen LogP contribution is -2.47. The minimum Gasteiger partial charge on any atom is -0.465 e. The third-order valence-corrected chi connectivity index (χ3v) is 3.44. The van der Waals surface area contributed by atoms with Crippen molar-refractivity contribution in [3.05, 3.63) is 0 Å². The van der Waals surface area contributed by atoms with Crippen molar-refractivity contribution in [1.82, 2.24) is 4.90 Å². The largest absolute Gasteiger partial charge is 0.465 e. The van der Waals surface area contributed by atoms with Crippen molar-refractivity contribution in [3.8, 4) is 0 Å². The zero-order valence-electron chi connectivity index (χ0n) is 8.11. The smallest absolute Gasteiger partial charge is 0.407 e. The lowest BCUT2D eigenvalue weighted by Gasteiger charge is -2.38. The van der Waals surface area contributed by atoms with E-state index in [1.807, 2.05) is 0 Å². The van der Waals surface area contributed by atoms with Gasteiger partial charge in [0.15, 0.2) is 0 Å². The lowest BCUT2D eigenvalue weighted by molar-refractivity contribution is -0.128. The van der Waals surface area contributed by atoms with Crippen molar-refractivity contribution in [2.75, 3.05) is 13.1 Å². The van der Waals surface area contributed by atoms with Crippen LogP contribution in [0.2, 0.25) is 0 Å². The highest BCUT2D eigenvalue weighted by Gasteiger charge is 2.37. The van der Waals surface area contributed by atoms with E-state index in [9.17, 15) is 9.59 Å². The summed E-state index contributed by atoms with van der Waals surface area (Å²) in [6.07, 6.45) is 2.72. The molecule has 1 aliphatic carbocycles. The van der Waals surface area contributed by atoms with Crippen molar-refractivity contribution in [1.29, 1.82) is 0 Å². The van der Waals surface area contributed by atoms with E-state index in [1.165, 1.54) is 4.90 Å². The molecule has 0 radical (unpaired) electrons. The monoisotopic (exact) mass is 197 g/mol. The van der Waals surface area contributed by atoms with E-state index in [1.54, 1.807) is 0 Å². The summed E-state index contributed by atoms with van der Waals surface area (Å²) in [6, 6.07) is 0. The minimum atomic E-state index is -0.887. The summed E-state index contributed by atoms with van der Waals surface area (Å²) in [5, 5.41) is 8.83. The molecule has 0 bridgehead atoms. The zero-order chi connectivity index (χ0) is 10.1. The van der Waals surface area contributed by atoms with Gasteiger partial charge in [0, 0.05) is 25.4 Å². The van der Waals surface area contributed by atoms with Crippen LogP contribution in [0.4, 0.5) is 4.79 Å². The molecule has 2 atom stereocenters. The Hall–Kier alpha value is -1.06. The average Bonchev–Trinajstić information content (AvgIpc) is 2.18. The average molecular weight is 197 g/mol. The first-order valence-electron chi connectivity index (χ1n) is 5.19. The molecule has 1 saturated heterocycles. The third-order valence-electron chi connectivity index (χ3n) is 3.44. The summed E-state index contributed by atoms with van der Waals surface area (Å²) in [5.41, 5.74) is 0. The van der Waals surface area contributed by atoms with Crippen LogP contribution in [0.5, 0.6) is 0 Å². The summed E-state index contributed by atoms with van der Waals surface area (Å²) >= 11 is 0. The van der Waals surface area contributed by atoms with Gasteiger partial charge in [-0.05, 0) is 25.2 Å². The maximum atomic E-state index is 11.6. The fraction of sp³-hybridized carbons (Fsp3) is 0.800. The van der Waals surface area contributed by atoms with E-state index in [0.717, 1.165) is 19.3 Å². The summed E-state index contributed by atoms with van der Waals surface area (Å²) in [5.74, 6) is 0.715. The van der Waals surface area contributed by atoms with Crippen molar-refractivity contribution in [3.63, 3.8) is 0 Å². The fourth-order valence-corrected chi connectivity index (χ4v) is 2.61. The molecule has 4 heteroatoms. The number of piperidine rings is 1. The Bertz CT molecular complexity index is 264. The molecule has 78 valence electrons. The van der Waals surface area contributed by atoms with Gasteiger partial charge in [0.25, 0.3) is 0 Å². The molecule has 1 aliphatic heterocycles. The second-order valence-electron chi connectivity index (χ2n) is 4.24. The van der Waals surface area contributed by atoms with Crippen LogP contribution in [0.1, 0.15) is 25.7 Å². The first-order valence-corrected chi connectivity index (χ1v) is 5.19. The predicted octanol–water partition coefficient (Wildman–Crippen LogP) is 1.36. The normalized spacial score (nSPS) is 32.6. The number of amides is 1. The molecule has 0 unspecified atom stereocenters. The number of carbonyl (C=O) groups excluding carboxylic acids is 1. The maximum absolute atomic E-state index is 11.6. The summed E-state index contributed by atoms with van der Waals surface area (Å²) < 4.78 is 0. The summed E-state index contributed by atoms with van der Waals surface area (Å²) in [6.45, 7) is 1.03. The number of hydrogen-bond acceptors (Lipinski definition) is 2. The molecule has 4 nitrogen and oxygen atoms in total. The molecule has 14 heavy (non-hydrogen) atoms. The highest BCUT2D eigenvalue weighted by atomic mass is 16.4. The highest BCUT2D eigenvalue weighted by molar-refractivity contribution is 5.83. The number of nitrogens with zero attached hydrogens (tertiary/aromatic N) is 1. The maximum Gasteiger partial charge on any atom is 0.407 e. The van der Waals surface area contributed by atoms with Crippen LogP contribution in [0.15, 0.2) is 0 Å². The molecular weight excluding hydrogens is 182 g/mol. The van der Waals surface area contributed by atoms with Gasteiger partial charge in [-0.15, -0.1) is 0 Å². The van der Waals surface area contributed by atoms with Gasteiger partial charge in [-0.1, -0.05) is 0 Å². The van der Waals surface area contributed by atoms with E-state index < -0.39 is 6.09 Å². The van der Waals surface area contributed by atoms with Gasteiger partial charge in [0.2, 0.25) is 0 Å². The highest BCUT2D eigenvalue weighted by Crippen LogP contribution is 2.33. The Morgan fingerprint density at radius 3 is 2.93 bits per heavy atom. The Morgan fingerprint density at radius 2 is 2.21 bits per heavy atom. The molecule has 2 aliphatic rings. The van der Waals surface area contributed by atoms with Crippen LogP contribution in [0.25, 0.3) is 0 Å². The van der Waals surface area contributed by atoms with Gasteiger partial charge >= 0.3 is 6.09 Å². The van der Waals surface area contributed by atoms with Crippen LogP contribution in [-0.2, 0) is 4.79 Å². The SMILES string of the molecule is O=C1CCC[C@H]2CCN(C(=O)O)C[C@@H]12. The second kappa shape index (κ2) is 3.59. The minimum absolute atomic E-state index is 0.00593. The van der Waals surface area contributed by atoms with E-state index in [-0.39, 0.29) is 11.7 Å². The first-order chi connectivity index (χ1) is 6.68. The number of carbonyl (C=O) groups is 2. The third kappa shape index (κ3) is 1.61. The van der Waals surface area contributed by atoms with Crippen LogP contribution < -0.4 is 0 Å². The molecule has 0 aromatic rings. The van der Waals surface area contributed by atoms with Crippen molar-refractivity contribution in [2.45, 2.75) is 25.7 Å². The van der Waals surface area contributed by atoms with Crippen LogP contribution in [-0.4, -0.2) is 35.0 Å². The number of ketones is 1. The first kappa shape index (κ1) is 9.49. The zero-order valence-corrected chi connectivity index (χ0v) is 8.11. The van der Waals surface area contributed by atoms with E-state index in [4.69, 9.17) is 5.11 Å². The molecule has 2 fully saturated rings. The Kier molecular flexibility index (Phi) is 2.44. The molecule has 0 aromatic heterocycles. The van der Waals surface area contributed by atoms with Gasteiger partial charge in [0.1, 0.15) is 5.78 Å². The molecule has 1 heterocycles. The number of likely N-dealkylation sites (tertiary alicyclic amines) is 1. The van der Waals surface area contributed by atoms with Gasteiger partial charge < -0.3 is 10.0 Å². The molecule has 1 amide bonds. The number of hydrogen-bond donors (Lipinski definition) is 1. The van der Waals surface area contributed by atoms with Crippen LogP contribution >= 0.6 is 0 Å². The molecular formula is C10H15NO3. The lowest BCUT2D eigenvalue weighted by atomic mass is 9.74. The molecule has 1 N–H and O–H groups in total. The quantitative estimate of drug-likeness (QED) is 0.637. The summed E-state index contributed by atoms with van der Waals surface area (Å²) in [7, 11) is 0. The van der Waals surface area contributed by atoms with E-state index >= 15 is 0 Å². The topological polar surface area (TPSA) is 57.6 Å². The molecule has 0 spiro atoms. The van der Waals surface area contributed by atoms with Crippen LogP contribution in [0.3, 0.4) is 0 Å². The van der Waals surface area contributed by atoms with Gasteiger partial charge in [-0.25, -0.2) is 4.79 Å². The number of rotatable bonds is 0. The number of Topliss-reactive ketones (excluding diaryl/α,β-unsaturated/α-hetero) is 1. The molecule has 1 saturated carbocycles. The molecule has 2 rings (SSSR count). The molecule has 0 aromatic carbocycles. The van der Waals surface area contributed by atoms with Gasteiger partial charge in [-0.3, -0.25) is 4.79 Å². The van der Waals surface area contributed by atoms with Crippen molar-refractivity contribution in [2.24, 2.45) is 11.8 Å². The van der Waals surface area contributed by atoms with Gasteiger partial charge in [-0.2, -0.15) is 0 Å². The fourth-order valence-electron chi connectivity index (χ4n) is 2.61. The predicted molar refractivity (Wildman–Crippen MR) is 50.1 cm³/mol. The van der Waals surface area contributed by atoms with E-state index in [2.05, 4.69) is 0 Å². The van der Waals surface area contributed by atoms with Crippen molar-refractivity contribution < 1.29 is 14.7 Å². The Balaban J connectivity index is 2.05. The second-order valence-corrected chi connectivity index (χ2v) is 4.24. The summed E-state index contributed by atoms with van der Waals surface area (Å²) in [4.78, 5) is 23.7. The number of fused-ring (bicyclic) bond motifs is 1. The van der Waals surface area contributed by atoms with Gasteiger partial charge in [0.05, 0.1) is 0 Å². The van der Waals surface area contributed by atoms with Crippen molar-refractivity contribution >= 4 is 11.9 Å². The standard InChI is InChI=1S/C10H15NO3/c12-9-3-1-2-7-4-5-11(10(13)14)6-8(7)9/h7-8H,1-6H2,(H,13,14)/t7-,8+/m0/s1. The Labute approximate surface area is 82.9 Å².